The smallest absolute Gasteiger partial charge is 0.000276 e. The van der Waals surface area contributed by atoms with Gasteiger partial charge in [0.25, 0.3) is 0 Å². The molecule has 0 atom stereocenters. The van der Waals surface area contributed by atoms with Gasteiger partial charge in [-0.3, -0.25) is 0 Å². The van der Waals surface area contributed by atoms with Gasteiger partial charge in [-0.2, -0.15) is 35.4 Å². The minimum absolute atomic E-state index is 0. The molecule has 3 heterocycles. The molecule has 2 radical (unpaired) electrons. The minimum Gasteiger partial charge on any atom is -0.222 e. The molecule has 0 saturated heterocycles. The summed E-state index contributed by atoms with van der Waals surface area (Å²) in [6.45, 7) is 38.5. The van der Waals surface area contributed by atoms with Crippen LogP contribution < -0.4 is 0 Å². The van der Waals surface area contributed by atoms with Crippen LogP contribution in [0.3, 0.4) is 0 Å². The number of rotatable bonds is 0. The first-order valence-corrected chi connectivity index (χ1v) is 28.4. The van der Waals surface area contributed by atoms with Crippen LogP contribution >= 0.6 is 23.4 Å². The maximum absolute atomic E-state index is 3.50. The third kappa shape index (κ3) is 13.7. The van der Waals surface area contributed by atoms with Gasteiger partial charge in [-0.25, -0.2) is 11.1 Å². The van der Waals surface area contributed by atoms with Crippen LogP contribution in [0.4, 0.5) is 0 Å². The van der Waals surface area contributed by atoms with Crippen LogP contribution in [-0.4, -0.2) is 10.3 Å². The molecule has 5 heteroatoms. The standard InChI is InChI=1S/C28H29P.C20H23P.C8H13P.2C2H6.2Y/c1-18-14-20-10-6-8-12-22(20)26-24(18)16-29(28(3,4)5)17-25-19(2)15-21-11-7-9-13-23(21)27(25)26;1-14-8-6-10-16-17-11-7-9-15(2)19(17)13-21(12-18(14)16)20(3,4)5;1-8(2,3)9-6-4-5-7-9;2*1-2;;/h6-15H,16-17H2,1-5H3;6-9H,12-13H2,1-5H3;4-7H,1-3H3;2*1-2H3;;/q;-2;;;;;. The van der Waals surface area contributed by atoms with E-state index >= 15 is 0 Å². The summed E-state index contributed by atoms with van der Waals surface area (Å²) >= 11 is 0. The van der Waals surface area contributed by atoms with E-state index < -0.39 is 0 Å². The summed E-state index contributed by atoms with van der Waals surface area (Å²) in [5.74, 6) is 4.63. The molecule has 65 heavy (non-hydrogen) atoms. The molecule has 0 aliphatic carbocycles. The molecule has 0 spiro atoms. The Kier molecular flexibility index (Phi) is 22.3. The molecule has 0 bridgehead atoms. The normalized spacial score (nSPS) is 13.3. The summed E-state index contributed by atoms with van der Waals surface area (Å²) in [5, 5.41) is 6.73. The maximum Gasteiger partial charge on any atom is 0.000276 e. The van der Waals surface area contributed by atoms with Gasteiger partial charge in [0.2, 0.25) is 0 Å². The van der Waals surface area contributed by atoms with Gasteiger partial charge >= 0.3 is 0 Å². The summed E-state index contributed by atoms with van der Waals surface area (Å²) in [5.41, 5.74) is 17.5. The van der Waals surface area contributed by atoms with E-state index in [1.54, 1.807) is 11.1 Å². The fourth-order valence-electron chi connectivity index (χ4n) is 8.77. The molecule has 0 amide bonds. The quantitative estimate of drug-likeness (QED) is 0.105. The van der Waals surface area contributed by atoms with Gasteiger partial charge in [-0.05, 0) is 103 Å². The van der Waals surface area contributed by atoms with E-state index in [1.807, 2.05) is 27.7 Å². The van der Waals surface area contributed by atoms with E-state index in [0.717, 1.165) is 0 Å². The van der Waals surface area contributed by atoms with Crippen molar-refractivity contribution in [3.8, 4) is 22.3 Å². The summed E-state index contributed by atoms with van der Waals surface area (Å²) in [7, 11) is -0.188. The average Bonchev–Trinajstić information content (AvgIpc) is 3.65. The van der Waals surface area contributed by atoms with E-state index in [9.17, 15) is 0 Å². The Balaban J connectivity index is 0.000000273. The molecule has 0 fully saturated rings. The van der Waals surface area contributed by atoms with Crippen molar-refractivity contribution in [1.29, 1.82) is 0 Å². The first kappa shape index (κ1) is 58.0. The van der Waals surface area contributed by atoms with Gasteiger partial charge in [0.15, 0.2) is 0 Å². The Morgan fingerprint density at radius 3 is 1.08 bits per heavy atom. The molecule has 0 nitrogen and oxygen atoms in total. The van der Waals surface area contributed by atoms with Crippen molar-refractivity contribution in [2.45, 2.75) is 158 Å². The number of hydrogen-bond acceptors (Lipinski definition) is 0. The van der Waals surface area contributed by atoms with Crippen molar-refractivity contribution in [2.75, 3.05) is 0 Å². The van der Waals surface area contributed by atoms with Gasteiger partial charge < -0.3 is 0 Å². The zero-order chi connectivity index (χ0) is 46.4. The molecule has 340 valence electrons. The number of hydrogen-bond donors (Lipinski definition) is 0. The fourth-order valence-corrected chi connectivity index (χ4v) is 15.6. The van der Waals surface area contributed by atoms with Gasteiger partial charge in [-0.1, -0.05) is 197 Å². The molecule has 7 aromatic rings. The summed E-state index contributed by atoms with van der Waals surface area (Å²) in [6, 6.07) is 42.6. The van der Waals surface area contributed by atoms with Gasteiger partial charge in [0.1, 0.15) is 0 Å². The summed E-state index contributed by atoms with van der Waals surface area (Å²) in [4.78, 5) is 0. The van der Waals surface area contributed by atoms with E-state index in [4.69, 9.17) is 0 Å². The average molecular weight is 1070 g/mol. The predicted octanol–water partition coefficient (Wildman–Crippen LogP) is 19.9. The Labute approximate surface area is 451 Å². The van der Waals surface area contributed by atoms with Crippen molar-refractivity contribution in [3.05, 3.63) is 165 Å². The minimum atomic E-state index is -0.156. The zero-order valence-corrected chi connectivity index (χ0v) is 51.6. The predicted molar refractivity (Wildman–Crippen MR) is 290 cm³/mol. The SMILES string of the molecule is CC.CC.CC(C)(C)p1cccc1.Cc1cc2ccccc2c2c1CP(C(C)(C)C)Cc1c(C)cc3ccccc3c1-2.Cc1cc[c-]c2c1CP(C(C)(C)C)Cc1c-2[c-]ccc1C.[Y].[Y]. The van der Waals surface area contributed by atoms with Crippen LogP contribution in [0.15, 0.2) is 109 Å². The fraction of sp³-hybridized carbons (Fsp3) is 0.400. The van der Waals surface area contributed by atoms with Crippen LogP contribution in [0.5, 0.6) is 0 Å². The van der Waals surface area contributed by atoms with Crippen molar-refractivity contribution in [3.63, 3.8) is 0 Å². The third-order valence-corrected chi connectivity index (χ3v) is 21.7. The van der Waals surface area contributed by atoms with Crippen molar-refractivity contribution in [1.82, 2.24) is 0 Å². The molecular formula is C60H77P3Y2-2. The zero-order valence-electron chi connectivity index (χ0n) is 43.2. The second-order valence-corrected chi connectivity index (χ2v) is 28.7. The molecule has 0 unspecified atom stereocenters. The molecule has 0 saturated carbocycles. The van der Waals surface area contributed by atoms with Crippen LogP contribution in [-0.2, 0) is 95.2 Å². The van der Waals surface area contributed by atoms with E-state index in [1.165, 1.54) is 102 Å². The first-order valence-electron chi connectivity index (χ1n) is 23.5. The summed E-state index contributed by atoms with van der Waals surface area (Å²) in [6.07, 6.45) is 4.85. The van der Waals surface area contributed by atoms with E-state index in [0.29, 0.717) is 15.5 Å². The third-order valence-electron chi connectivity index (χ3n) is 12.6. The van der Waals surface area contributed by atoms with Crippen molar-refractivity contribution in [2.24, 2.45) is 0 Å². The second kappa shape index (κ2) is 25.0. The van der Waals surface area contributed by atoms with Gasteiger partial charge in [0, 0.05) is 70.6 Å². The Hall–Kier alpha value is -1.31. The monoisotopic (exact) mass is 1070 g/mol. The largest absolute Gasteiger partial charge is 0.222 e. The first-order chi connectivity index (χ1) is 29.8. The molecule has 2 aliphatic heterocycles. The molecule has 0 N–H and O–H groups in total. The Morgan fingerprint density at radius 1 is 0.415 bits per heavy atom. The summed E-state index contributed by atoms with van der Waals surface area (Å²) < 4.78 is 0. The Morgan fingerprint density at radius 2 is 0.754 bits per heavy atom. The van der Waals surface area contributed by atoms with Gasteiger partial charge in [-0.15, -0.1) is 38.7 Å². The molecule has 1 aromatic heterocycles. The van der Waals surface area contributed by atoms with Crippen LogP contribution in [0.2, 0.25) is 0 Å². The van der Waals surface area contributed by atoms with E-state index in [-0.39, 0.29) is 88.8 Å². The molecule has 9 rings (SSSR count). The number of benzene rings is 6. The van der Waals surface area contributed by atoms with Crippen LogP contribution in [0, 0.1) is 39.8 Å². The Bertz CT molecular complexity index is 2470. The second-order valence-electron chi connectivity index (χ2n) is 19.9. The number of aryl methyl sites for hydroxylation is 4. The van der Waals surface area contributed by atoms with Crippen molar-refractivity contribution >= 4 is 44.9 Å². The van der Waals surface area contributed by atoms with Crippen LogP contribution in [0.25, 0.3) is 43.8 Å². The topological polar surface area (TPSA) is 0 Å². The van der Waals surface area contributed by atoms with Crippen LogP contribution in [0.1, 0.15) is 135 Å². The molecule has 2 aliphatic rings. The van der Waals surface area contributed by atoms with Crippen molar-refractivity contribution < 1.29 is 65.4 Å². The van der Waals surface area contributed by atoms with E-state index in [2.05, 4.69) is 211 Å². The number of fused-ring (bicyclic) bond motifs is 10. The molecule has 6 aromatic carbocycles. The molecular weight excluding hydrogens is 991 g/mol. The van der Waals surface area contributed by atoms with Gasteiger partial charge in [0.05, 0.1) is 0 Å². The maximum atomic E-state index is 3.50.